The predicted octanol–water partition coefficient (Wildman–Crippen LogP) is 3.80. The van der Waals surface area contributed by atoms with E-state index in [0.717, 1.165) is 5.69 Å². The second kappa shape index (κ2) is 11.4. The van der Waals surface area contributed by atoms with Crippen LogP contribution in [0.15, 0.2) is 36.4 Å². The van der Waals surface area contributed by atoms with Gasteiger partial charge in [0.2, 0.25) is 11.7 Å². The van der Waals surface area contributed by atoms with Gasteiger partial charge in [-0.25, -0.2) is 0 Å². The van der Waals surface area contributed by atoms with E-state index < -0.39 is 0 Å². The Hall–Kier alpha value is -3.42. The highest BCUT2D eigenvalue weighted by Crippen LogP contribution is 2.39. The predicted molar refractivity (Wildman–Crippen MR) is 129 cm³/mol. The highest BCUT2D eigenvalue weighted by atomic mass is 16.5. The molecule has 0 bridgehead atoms. The van der Waals surface area contributed by atoms with Crippen molar-refractivity contribution in [3.05, 3.63) is 42.0 Å². The summed E-state index contributed by atoms with van der Waals surface area (Å²) in [6.07, 6.45) is 0. The quantitative estimate of drug-likeness (QED) is 0.620. The van der Waals surface area contributed by atoms with E-state index in [1.165, 1.54) is 0 Å². The number of hydrogen-bond acceptors (Lipinski definition) is 6. The van der Waals surface area contributed by atoms with Gasteiger partial charge < -0.3 is 29.3 Å². The molecule has 1 fully saturated rings. The molecule has 0 aromatic heterocycles. The molecule has 8 heteroatoms. The highest BCUT2D eigenvalue weighted by molar-refractivity contribution is 6.06. The van der Waals surface area contributed by atoms with Crippen LogP contribution in [0.25, 0.3) is 0 Å². The molecule has 1 heterocycles. The summed E-state index contributed by atoms with van der Waals surface area (Å²) in [4.78, 5) is 28.9. The third-order valence-corrected chi connectivity index (χ3v) is 5.39. The number of rotatable bonds is 9. The normalized spacial score (nSPS) is 13.5. The molecule has 0 saturated carbocycles. The van der Waals surface area contributed by atoms with Crippen molar-refractivity contribution in [1.29, 1.82) is 0 Å². The van der Waals surface area contributed by atoms with Crippen LogP contribution in [0.1, 0.15) is 38.1 Å². The van der Waals surface area contributed by atoms with Gasteiger partial charge in [0.25, 0.3) is 5.91 Å². The topological polar surface area (TPSA) is 80.3 Å². The summed E-state index contributed by atoms with van der Waals surface area (Å²) < 4.78 is 17.2. The fraction of sp³-hybridized carbons (Fsp3) is 0.440. The van der Waals surface area contributed by atoms with Crippen LogP contribution in [0.4, 0.5) is 11.4 Å². The molecule has 2 aromatic carbocycles. The number of nitrogens with zero attached hydrogens (tertiary/aromatic N) is 2. The molecule has 0 aliphatic carbocycles. The standard InChI is InChI=1S/C25H33N3O5/c1-5-31-22-16-19(17-23(32-6-2)24(22)33-7-3)25(30)26-20-10-8-9-11-21(20)28-14-12-27(13-15-28)18(4)29/h8-11,16-17H,5-7,12-15H2,1-4H3,(H,26,30). The van der Waals surface area contributed by atoms with E-state index >= 15 is 0 Å². The average molecular weight is 456 g/mol. The first-order chi connectivity index (χ1) is 16.0. The summed E-state index contributed by atoms with van der Waals surface area (Å²) in [6, 6.07) is 11.1. The number of benzene rings is 2. The monoisotopic (exact) mass is 455 g/mol. The minimum absolute atomic E-state index is 0.0851. The number of carbonyl (C=O) groups is 2. The van der Waals surface area contributed by atoms with E-state index in [9.17, 15) is 9.59 Å². The summed E-state index contributed by atoms with van der Waals surface area (Å²) in [6.45, 7) is 11.3. The van der Waals surface area contributed by atoms with E-state index in [4.69, 9.17) is 14.2 Å². The number of piperazine rings is 1. The second-order valence-corrected chi connectivity index (χ2v) is 7.57. The molecule has 0 radical (unpaired) electrons. The smallest absolute Gasteiger partial charge is 0.255 e. The van der Waals surface area contributed by atoms with Gasteiger partial charge in [-0.1, -0.05) is 12.1 Å². The number of ether oxygens (including phenoxy) is 3. The van der Waals surface area contributed by atoms with Gasteiger partial charge in [0.1, 0.15) is 0 Å². The zero-order chi connectivity index (χ0) is 23.8. The third-order valence-electron chi connectivity index (χ3n) is 5.39. The molecule has 178 valence electrons. The first-order valence-corrected chi connectivity index (χ1v) is 11.5. The Bertz CT molecular complexity index is 943. The molecule has 2 amide bonds. The highest BCUT2D eigenvalue weighted by Gasteiger charge is 2.22. The number of anilines is 2. The van der Waals surface area contributed by atoms with Crippen LogP contribution >= 0.6 is 0 Å². The SMILES string of the molecule is CCOc1cc(C(=O)Nc2ccccc2N2CCN(C(C)=O)CC2)cc(OCC)c1OCC. The molecule has 0 unspecified atom stereocenters. The van der Waals surface area contributed by atoms with Gasteiger partial charge >= 0.3 is 0 Å². The maximum Gasteiger partial charge on any atom is 0.255 e. The summed E-state index contributed by atoms with van der Waals surface area (Å²) in [5.74, 6) is 1.27. The van der Waals surface area contributed by atoms with Gasteiger partial charge in [-0.15, -0.1) is 0 Å². The van der Waals surface area contributed by atoms with Crippen molar-refractivity contribution >= 4 is 23.2 Å². The van der Waals surface area contributed by atoms with Crippen LogP contribution in [-0.2, 0) is 4.79 Å². The van der Waals surface area contributed by atoms with Crippen LogP contribution < -0.4 is 24.4 Å². The molecule has 3 rings (SSSR count). The Morgan fingerprint density at radius 3 is 2.00 bits per heavy atom. The maximum atomic E-state index is 13.2. The number of amides is 2. The molecule has 33 heavy (non-hydrogen) atoms. The molecule has 1 saturated heterocycles. The van der Waals surface area contributed by atoms with Gasteiger partial charge in [0, 0.05) is 38.7 Å². The van der Waals surface area contributed by atoms with Crippen molar-refractivity contribution in [1.82, 2.24) is 4.90 Å². The molecule has 1 aliphatic heterocycles. The largest absolute Gasteiger partial charge is 0.490 e. The minimum atomic E-state index is -0.269. The average Bonchev–Trinajstić information content (AvgIpc) is 2.81. The van der Waals surface area contributed by atoms with Crippen LogP contribution in [-0.4, -0.2) is 62.7 Å². The third kappa shape index (κ3) is 5.88. The van der Waals surface area contributed by atoms with Crippen molar-refractivity contribution in [2.45, 2.75) is 27.7 Å². The first kappa shape index (κ1) is 24.2. The molecule has 0 atom stereocenters. The van der Waals surface area contributed by atoms with Gasteiger partial charge in [-0.2, -0.15) is 0 Å². The van der Waals surface area contributed by atoms with Crippen LogP contribution in [0.2, 0.25) is 0 Å². The lowest BCUT2D eigenvalue weighted by atomic mass is 10.1. The Labute approximate surface area is 195 Å². The number of para-hydroxylation sites is 2. The van der Waals surface area contributed by atoms with Crippen LogP contribution in [0, 0.1) is 0 Å². The van der Waals surface area contributed by atoms with Gasteiger partial charge in [0.15, 0.2) is 11.5 Å². The van der Waals surface area contributed by atoms with Crippen molar-refractivity contribution < 1.29 is 23.8 Å². The Morgan fingerprint density at radius 2 is 1.45 bits per heavy atom. The van der Waals surface area contributed by atoms with Crippen molar-refractivity contribution in [3.8, 4) is 17.2 Å². The molecular formula is C25H33N3O5. The Kier molecular flexibility index (Phi) is 8.40. The molecule has 1 N–H and O–H groups in total. The van der Waals surface area contributed by atoms with Crippen LogP contribution in [0.5, 0.6) is 17.2 Å². The summed E-state index contributed by atoms with van der Waals surface area (Å²) >= 11 is 0. The Morgan fingerprint density at radius 1 is 0.879 bits per heavy atom. The van der Waals surface area contributed by atoms with Crippen molar-refractivity contribution in [3.63, 3.8) is 0 Å². The molecule has 8 nitrogen and oxygen atoms in total. The van der Waals surface area contributed by atoms with E-state index in [-0.39, 0.29) is 11.8 Å². The Balaban J connectivity index is 1.85. The van der Waals surface area contributed by atoms with Gasteiger partial charge in [-0.05, 0) is 45.0 Å². The number of hydrogen-bond donors (Lipinski definition) is 1. The number of carbonyl (C=O) groups excluding carboxylic acids is 2. The van der Waals surface area contributed by atoms with Crippen molar-refractivity contribution in [2.24, 2.45) is 0 Å². The molecular weight excluding hydrogens is 422 g/mol. The molecule has 0 spiro atoms. The number of nitrogens with one attached hydrogen (secondary N) is 1. The fourth-order valence-electron chi connectivity index (χ4n) is 3.83. The summed E-state index contributed by atoms with van der Waals surface area (Å²) in [7, 11) is 0. The van der Waals surface area contributed by atoms with E-state index in [2.05, 4.69) is 10.2 Å². The summed E-state index contributed by atoms with van der Waals surface area (Å²) in [5.41, 5.74) is 2.06. The van der Waals surface area contributed by atoms with E-state index in [0.29, 0.717) is 74.5 Å². The van der Waals surface area contributed by atoms with Crippen LogP contribution in [0.3, 0.4) is 0 Å². The van der Waals surface area contributed by atoms with Crippen molar-refractivity contribution in [2.75, 3.05) is 56.2 Å². The van der Waals surface area contributed by atoms with E-state index in [1.807, 2.05) is 49.9 Å². The minimum Gasteiger partial charge on any atom is -0.490 e. The lowest BCUT2D eigenvalue weighted by molar-refractivity contribution is -0.129. The lowest BCUT2D eigenvalue weighted by Crippen LogP contribution is -2.48. The fourth-order valence-corrected chi connectivity index (χ4v) is 3.83. The maximum absolute atomic E-state index is 13.2. The van der Waals surface area contributed by atoms with Gasteiger partial charge in [-0.3, -0.25) is 9.59 Å². The zero-order valence-electron chi connectivity index (χ0n) is 19.8. The van der Waals surface area contributed by atoms with Gasteiger partial charge in [0.05, 0.1) is 31.2 Å². The first-order valence-electron chi connectivity index (χ1n) is 11.5. The molecule has 2 aromatic rings. The summed E-state index contributed by atoms with van der Waals surface area (Å²) in [5, 5.41) is 3.04. The second-order valence-electron chi connectivity index (χ2n) is 7.57. The molecule has 1 aliphatic rings. The lowest BCUT2D eigenvalue weighted by Gasteiger charge is -2.36. The zero-order valence-corrected chi connectivity index (χ0v) is 19.8. The van der Waals surface area contributed by atoms with E-state index in [1.54, 1.807) is 19.1 Å².